The molecular formula is C20H32O4. The van der Waals surface area contributed by atoms with Crippen LogP contribution < -0.4 is 0 Å². The molecule has 0 radical (unpaired) electrons. The van der Waals surface area contributed by atoms with Crippen molar-refractivity contribution >= 4 is 11.9 Å². The molecule has 0 heterocycles. The SMILES string of the molecule is CC(=O)OCC(C)C(=O)O[C@H]1CCC(C)(C)C(/C=C/C(C)C)=C1C. The first-order valence-electron chi connectivity index (χ1n) is 8.78. The average molecular weight is 336 g/mol. The second kappa shape index (κ2) is 8.50. The Morgan fingerprint density at radius 3 is 2.46 bits per heavy atom. The van der Waals surface area contributed by atoms with E-state index in [1.807, 2.05) is 0 Å². The Bertz CT molecular complexity index is 526. The van der Waals surface area contributed by atoms with Crippen molar-refractivity contribution in [2.45, 2.75) is 67.4 Å². The summed E-state index contributed by atoms with van der Waals surface area (Å²) in [6.07, 6.45) is 5.97. The molecule has 0 aromatic rings. The van der Waals surface area contributed by atoms with Crippen LogP contribution in [0.3, 0.4) is 0 Å². The van der Waals surface area contributed by atoms with E-state index in [1.165, 1.54) is 12.5 Å². The first kappa shape index (κ1) is 20.5. The maximum absolute atomic E-state index is 12.2. The molecule has 0 bridgehead atoms. The summed E-state index contributed by atoms with van der Waals surface area (Å²) >= 11 is 0. The molecule has 24 heavy (non-hydrogen) atoms. The molecule has 1 unspecified atom stereocenters. The third-order valence-electron chi connectivity index (χ3n) is 4.51. The first-order valence-corrected chi connectivity index (χ1v) is 8.78. The number of hydrogen-bond acceptors (Lipinski definition) is 4. The molecule has 2 atom stereocenters. The lowest BCUT2D eigenvalue weighted by molar-refractivity contribution is -0.157. The summed E-state index contributed by atoms with van der Waals surface area (Å²) in [5.74, 6) is -0.669. The quantitative estimate of drug-likeness (QED) is 0.673. The Balaban J connectivity index is 2.86. The summed E-state index contributed by atoms with van der Waals surface area (Å²) < 4.78 is 10.6. The van der Waals surface area contributed by atoms with E-state index in [9.17, 15) is 9.59 Å². The minimum absolute atomic E-state index is 0.0647. The first-order chi connectivity index (χ1) is 11.0. The van der Waals surface area contributed by atoms with Gasteiger partial charge < -0.3 is 9.47 Å². The summed E-state index contributed by atoms with van der Waals surface area (Å²) in [6.45, 7) is 13.9. The van der Waals surface area contributed by atoms with Gasteiger partial charge in [-0.15, -0.1) is 0 Å². The summed E-state index contributed by atoms with van der Waals surface area (Å²) in [5.41, 5.74) is 2.46. The number of allylic oxidation sites excluding steroid dienone is 3. The van der Waals surface area contributed by atoms with Gasteiger partial charge in [-0.2, -0.15) is 0 Å². The van der Waals surface area contributed by atoms with Crippen molar-refractivity contribution in [3.63, 3.8) is 0 Å². The molecule has 0 aliphatic heterocycles. The van der Waals surface area contributed by atoms with Gasteiger partial charge >= 0.3 is 11.9 Å². The van der Waals surface area contributed by atoms with E-state index in [0.29, 0.717) is 5.92 Å². The van der Waals surface area contributed by atoms with Gasteiger partial charge in [0.25, 0.3) is 0 Å². The van der Waals surface area contributed by atoms with Crippen LogP contribution in [0.25, 0.3) is 0 Å². The van der Waals surface area contributed by atoms with Gasteiger partial charge in [-0.05, 0) is 49.2 Å². The number of carbonyl (C=O) groups excluding carboxylic acids is 2. The van der Waals surface area contributed by atoms with Crippen molar-refractivity contribution in [3.8, 4) is 0 Å². The van der Waals surface area contributed by atoms with Crippen LogP contribution in [0.15, 0.2) is 23.3 Å². The molecule has 0 aromatic carbocycles. The number of rotatable bonds is 6. The van der Waals surface area contributed by atoms with Crippen LogP contribution in [0.1, 0.15) is 61.3 Å². The normalized spacial score (nSPS) is 21.9. The molecule has 0 amide bonds. The molecule has 0 aromatic heterocycles. The van der Waals surface area contributed by atoms with Crippen molar-refractivity contribution in [1.82, 2.24) is 0 Å². The Labute approximate surface area is 146 Å². The highest BCUT2D eigenvalue weighted by Gasteiger charge is 2.34. The molecule has 0 spiro atoms. The van der Waals surface area contributed by atoms with E-state index in [1.54, 1.807) is 6.92 Å². The summed E-state index contributed by atoms with van der Waals surface area (Å²) in [6, 6.07) is 0. The van der Waals surface area contributed by atoms with Crippen molar-refractivity contribution in [1.29, 1.82) is 0 Å². The molecule has 1 aliphatic carbocycles. The van der Waals surface area contributed by atoms with Gasteiger partial charge in [0.1, 0.15) is 12.7 Å². The van der Waals surface area contributed by atoms with E-state index in [0.717, 1.165) is 18.4 Å². The van der Waals surface area contributed by atoms with Crippen molar-refractivity contribution in [2.24, 2.45) is 17.3 Å². The van der Waals surface area contributed by atoms with Crippen LogP contribution in [0.2, 0.25) is 0 Å². The van der Waals surface area contributed by atoms with Gasteiger partial charge in [-0.3, -0.25) is 9.59 Å². The summed E-state index contributed by atoms with van der Waals surface area (Å²) in [7, 11) is 0. The fraction of sp³-hybridized carbons (Fsp3) is 0.700. The van der Waals surface area contributed by atoms with Gasteiger partial charge in [0, 0.05) is 6.92 Å². The van der Waals surface area contributed by atoms with E-state index in [4.69, 9.17) is 9.47 Å². The second-order valence-electron chi connectivity index (χ2n) is 7.75. The molecular weight excluding hydrogens is 304 g/mol. The van der Waals surface area contributed by atoms with Crippen molar-refractivity contribution < 1.29 is 19.1 Å². The van der Waals surface area contributed by atoms with Crippen LogP contribution in [-0.2, 0) is 19.1 Å². The number of hydrogen-bond donors (Lipinski definition) is 0. The molecule has 1 aliphatic rings. The molecule has 4 heteroatoms. The fourth-order valence-corrected chi connectivity index (χ4v) is 2.91. The zero-order valence-electron chi connectivity index (χ0n) is 16.1. The number of ether oxygens (including phenoxy) is 2. The summed E-state index contributed by atoms with van der Waals surface area (Å²) in [5, 5.41) is 0. The molecule has 4 nitrogen and oxygen atoms in total. The molecule has 0 fully saturated rings. The topological polar surface area (TPSA) is 52.6 Å². The highest BCUT2D eigenvalue weighted by molar-refractivity contribution is 5.73. The smallest absolute Gasteiger partial charge is 0.312 e. The summed E-state index contributed by atoms with van der Waals surface area (Å²) in [4.78, 5) is 23.1. The Morgan fingerprint density at radius 2 is 1.92 bits per heavy atom. The van der Waals surface area contributed by atoms with Crippen LogP contribution in [0.4, 0.5) is 0 Å². The number of esters is 2. The Hall–Kier alpha value is -1.58. The largest absolute Gasteiger partial charge is 0.465 e. The van der Waals surface area contributed by atoms with Gasteiger partial charge in [0.05, 0.1) is 5.92 Å². The van der Waals surface area contributed by atoms with Crippen LogP contribution in [-0.4, -0.2) is 24.6 Å². The van der Waals surface area contributed by atoms with Crippen molar-refractivity contribution in [2.75, 3.05) is 6.61 Å². The zero-order valence-corrected chi connectivity index (χ0v) is 16.1. The lowest BCUT2D eigenvalue weighted by Gasteiger charge is -2.37. The molecule has 0 saturated heterocycles. The van der Waals surface area contributed by atoms with Gasteiger partial charge in [-0.1, -0.05) is 39.8 Å². The maximum atomic E-state index is 12.2. The predicted octanol–water partition coefficient (Wildman–Crippen LogP) is 4.45. The monoisotopic (exact) mass is 336 g/mol. The van der Waals surface area contributed by atoms with E-state index >= 15 is 0 Å². The van der Waals surface area contributed by atoms with Crippen LogP contribution in [0, 0.1) is 17.3 Å². The Kier molecular flexibility index (Phi) is 7.25. The van der Waals surface area contributed by atoms with Gasteiger partial charge in [0.2, 0.25) is 0 Å². The third kappa shape index (κ3) is 5.81. The highest BCUT2D eigenvalue weighted by atomic mass is 16.6. The minimum atomic E-state index is -0.453. The molecule has 1 rings (SSSR count). The van der Waals surface area contributed by atoms with E-state index < -0.39 is 5.92 Å². The van der Waals surface area contributed by atoms with E-state index in [2.05, 4.69) is 46.8 Å². The number of carbonyl (C=O) groups is 2. The maximum Gasteiger partial charge on any atom is 0.312 e. The lowest BCUT2D eigenvalue weighted by Crippen LogP contribution is -2.33. The zero-order chi connectivity index (χ0) is 18.5. The fourth-order valence-electron chi connectivity index (χ4n) is 2.91. The van der Waals surface area contributed by atoms with Crippen LogP contribution >= 0.6 is 0 Å². The standard InChI is InChI=1S/C20H32O4/c1-13(2)8-9-17-15(4)18(10-11-20(17,6)7)24-19(22)14(3)12-23-16(5)21/h8-9,13-14,18H,10-12H2,1-7H3/b9-8+/t14?,18-/m0/s1. The molecule has 136 valence electrons. The van der Waals surface area contributed by atoms with Gasteiger partial charge in [-0.25, -0.2) is 0 Å². The minimum Gasteiger partial charge on any atom is -0.465 e. The van der Waals surface area contributed by atoms with E-state index in [-0.39, 0.29) is 30.1 Å². The predicted molar refractivity (Wildman–Crippen MR) is 95.4 cm³/mol. The lowest BCUT2D eigenvalue weighted by atomic mass is 9.71. The molecule has 0 N–H and O–H groups in total. The third-order valence-corrected chi connectivity index (χ3v) is 4.51. The van der Waals surface area contributed by atoms with Gasteiger partial charge in [0.15, 0.2) is 0 Å². The highest BCUT2D eigenvalue weighted by Crippen LogP contribution is 2.42. The average Bonchev–Trinajstić information content (AvgIpc) is 2.46. The second-order valence-corrected chi connectivity index (χ2v) is 7.75. The van der Waals surface area contributed by atoms with Crippen LogP contribution in [0.5, 0.6) is 0 Å². The Morgan fingerprint density at radius 1 is 1.29 bits per heavy atom. The molecule has 0 saturated carbocycles. The van der Waals surface area contributed by atoms with Crippen molar-refractivity contribution in [3.05, 3.63) is 23.3 Å².